The Labute approximate surface area is 160 Å². The molecule has 0 spiro atoms. The predicted octanol–water partition coefficient (Wildman–Crippen LogP) is 4.31. The van der Waals surface area contributed by atoms with Gasteiger partial charge >= 0.3 is 0 Å². The minimum Gasteiger partial charge on any atom is -0.457 e. The van der Waals surface area contributed by atoms with Crippen LogP contribution in [0, 0.1) is 11.7 Å². The Morgan fingerprint density at radius 2 is 1.81 bits per heavy atom. The summed E-state index contributed by atoms with van der Waals surface area (Å²) < 4.78 is 7.78. The van der Waals surface area contributed by atoms with Crippen molar-refractivity contribution in [3.05, 3.63) is 76.7 Å². The fourth-order valence-corrected chi connectivity index (χ4v) is 2.68. The van der Waals surface area contributed by atoms with Crippen molar-refractivity contribution in [3.8, 4) is 23.0 Å². The van der Waals surface area contributed by atoms with Crippen LogP contribution in [0.15, 0.2) is 65.8 Å². The quantitative estimate of drug-likeness (QED) is 0.401. The summed E-state index contributed by atoms with van der Waals surface area (Å²) in [5.41, 5.74) is 2.47. The topological polar surface area (TPSA) is 83.9 Å². The molecule has 0 aliphatic rings. The van der Waals surface area contributed by atoms with E-state index in [1.165, 1.54) is 4.68 Å². The molecule has 0 bridgehead atoms. The molecule has 0 saturated carbocycles. The Kier molecular flexibility index (Phi) is 4.63. The molecule has 134 valence electrons. The maximum Gasteiger partial charge on any atom is 0.216 e. The number of para-hydroxylation sites is 1. The number of hydrogen-bond acceptors (Lipinski definition) is 5. The molecule has 0 unspecified atom stereocenters. The maximum absolute atomic E-state index is 5.85. The Morgan fingerprint density at radius 1 is 1.00 bits per heavy atom. The molecule has 7 nitrogen and oxygen atoms in total. The zero-order chi connectivity index (χ0) is 18.6. The molecule has 2 aromatic carbocycles. The van der Waals surface area contributed by atoms with Gasteiger partial charge in [-0.3, -0.25) is 5.10 Å². The molecular weight excluding hydrogens is 360 g/mol. The van der Waals surface area contributed by atoms with Crippen LogP contribution in [0.1, 0.15) is 11.3 Å². The smallest absolute Gasteiger partial charge is 0.216 e. The van der Waals surface area contributed by atoms with E-state index in [-0.39, 0.29) is 0 Å². The molecule has 8 heteroatoms. The van der Waals surface area contributed by atoms with Crippen LogP contribution in [0.3, 0.4) is 0 Å². The van der Waals surface area contributed by atoms with Crippen molar-refractivity contribution in [2.75, 3.05) is 0 Å². The fraction of sp³-hybridized carbons (Fsp3) is 0.0526. The Balaban J connectivity index is 1.60. The summed E-state index contributed by atoms with van der Waals surface area (Å²) >= 11 is 5.28. The molecule has 4 aromatic rings. The lowest BCUT2D eigenvalue weighted by atomic mass is 10.2. The van der Waals surface area contributed by atoms with Gasteiger partial charge in [-0.15, -0.1) is 0 Å². The first-order chi connectivity index (χ1) is 13.2. The molecular formula is C19H16N6OS. The van der Waals surface area contributed by atoms with Crippen LogP contribution in [0.5, 0.6) is 11.5 Å². The van der Waals surface area contributed by atoms with Gasteiger partial charge < -0.3 is 4.74 Å². The van der Waals surface area contributed by atoms with E-state index in [1.807, 2.05) is 67.6 Å². The number of ether oxygens (including phenoxy) is 1. The van der Waals surface area contributed by atoms with Gasteiger partial charge in [0.1, 0.15) is 17.2 Å². The number of aromatic amines is 2. The third-order valence-electron chi connectivity index (χ3n) is 3.74. The minimum absolute atomic E-state index is 0.388. The highest BCUT2D eigenvalue weighted by atomic mass is 32.1. The molecule has 4 rings (SSSR count). The number of aryl methyl sites for hydroxylation is 1. The molecule has 0 radical (unpaired) electrons. The van der Waals surface area contributed by atoms with E-state index in [9.17, 15) is 0 Å². The lowest BCUT2D eigenvalue weighted by Crippen LogP contribution is -1.95. The van der Waals surface area contributed by atoms with Crippen molar-refractivity contribution >= 4 is 18.4 Å². The number of benzene rings is 2. The Morgan fingerprint density at radius 3 is 2.59 bits per heavy atom. The molecule has 0 atom stereocenters. The largest absolute Gasteiger partial charge is 0.457 e. The molecule has 27 heavy (non-hydrogen) atoms. The van der Waals surface area contributed by atoms with Crippen molar-refractivity contribution < 1.29 is 4.74 Å². The van der Waals surface area contributed by atoms with E-state index < -0.39 is 0 Å². The Bertz CT molecular complexity index is 1140. The average Bonchev–Trinajstić information content (AvgIpc) is 3.26. The summed E-state index contributed by atoms with van der Waals surface area (Å²) in [4.78, 5) is 0. The molecule has 2 aromatic heterocycles. The zero-order valence-electron chi connectivity index (χ0n) is 14.5. The van der Waals surface area contributed by atoms with Gasteiger partial charge in [-0.2, -0.15) is 20.0 Å². The molecule has 0 aliphatic carbocycles. The molecule has 0 saturated heterocycles. The van der Waals surface area contributed by atoms with Gasteiger partial charge in [0, 0.05) is 5.69 Å². The summed E-state index contributed by atoms with van der Waals surface area (Å²) in [6.07, 6.45) is 1.70. The highest BCUT2D eigenvalue weighted by Gasteiger charge is 2.11. The molecule has 2 N–H and O–H groups in total. The normalized spacial score (nSPS) is 11.1. The van der Waals surface area contributed by atoms with Crippen LogP contribution < -0.4 is 4.74 Å². The monoisotopic (exact) mass is 376 g/mol. The summed E-state index contributed by atoms with van der Waals surface area (Å²) in [5, 5.41) is 18.5. The van der Waals surface area contributed by atoms with Gasteiger partial charge in [-0.1, -0.05) is 30.3 Å². The van der Waals surface area contributed by atoms with Crippen LogP contribution in [0.4, 0.5) is 0 Å². The third kappa shape index (κ3) is 3.85. The first kappa shape index (κ1) is 16.9. The number of hydrogen-bond donors (Lipinski definition) is 2. The highest BCUT2D eigenvalue weighted by Crippen LogP contribution is 2.21. The van der Waals surface area contributed by atoms with Crippen molar-refractivity contribution in [3.63, 3.8) is 0 Å². The molecule has 0 amide bonds. The van der Waals surface area contributed by atoms with Crippen LogP contribution in [0.25, 0.3) is 11.5 Å². The van der Waals surface area contributed by atoms with Crippen LogP contribution in [-0.4, -0.2) is 31.3 Å². The second-order valence-electron chi connectivity index (χ2n) is 5.83. The number of nitrogens with zero attached hydrogens (tertiary/aromatic N) is 4. The summed E-state index contributed by atoms with van der Waals surface area (Å²) in [5.74, 6) is 2.04. The number of aromatic nitrogens is 5. The number of rotatable bonds is 5. The predicted molar refractivity (Wildman–Crippen MR) is 106 cm³/mol. The van der Waals surface area contributed by atoms with E-state index in [1.54, 1.807) is 6.21 Å². The summed E-state index contributed by atoms with van der Waals surface area (Å²) in [7, 11) is 0. The van der Waals surface area contributed by atoms with E-state index in [0.29, 0.717) is 16.3 Å². The van der Waals surface area contributed by atoms with Crippen LogP contribution in [0.2, 0.25) is 0 Å². The van der Waals surface area contributed by atoms with Gasteiger partial charge in [0.25, 0.3) is 0 Å². The van der Waals surface area contributed by atoms with Gasteiger partial charge in [0.05, 0.1) is 6.21 Å². The number of nitrogens with one attached hydrogen (secondary N) is 2. The Hall–Kier alpha value is -3.52. The van der Waals surface area contributed by atoms with Crippen molar-refractivity contribution in [1.29, 1.82) is 0 Å². The third-order valence-corrected chi connectivity index (χ3v) is 4.01. The van der Waals surface area contributed by atoms with Crippen LogP contribution >= 0.6 is 12.2 Å². The lowest BCUT2D eigenvalue weighted by molar-refractivity contribution is 0.482. The standard InChI is InChI=1S/C19H16N6OS/c1-13-10-17(22-21-13)18-23-24-19(27)25(18)20-12-14-6-5-9-16(11-14)26-15-7-3-2-4-8-15/h2-12H,1H3,(H,21,22)(H,24,27)/b20-12+. The van der Waals surface area contributed by atoms with E-state index in [2.05, 4.69) is 25.5 Å². The second kappa shape index (κ2) is 7.38. The zero-order valence-corrected chi connectivity index (χ0v) is 15.3. The molecule has 2 heterocycles. The first-order valence-corrected chi connectivity index (χ1v) is 8.67. The number of H-pyrrole nitrogens is 2. The van der Waals surface area contributed by atoms with E-state index in [4.69, 9.17) is 17.0 Å². The fourth-order valence-electron chi connectivity index (χ4n) is 2.50. The van der Waals surface area contributed by atoms with E-state index >= 15 is 0 Å². The lowest BCUT2D eigenvalue weighted by Gasteiger charge is -2.05. The molecule has 0 fully saturated rings. The summed E-state index contributed by atoms with van der Waals surface area (Å²) in [6.45, 7) is 1.92. The van der Waals surface area contributed by atoms with Gasteiger partial charge in [-0.25, -0.2) is 5.10 Å². The molecule has 0 aliphatic heterocycles. The van der Waals surface area contributed by atoms with E-state index in [0.717, 1.165) is 22.8 Å². The second-order valence-corrected chi connectivity index (χ2v) is 6.22. The van der Waals surface area contributed by atoms with Gasteiger partial charge in [0.2, 0.25) is 10.6 Å². The van der Waals surface area contributed by atoms with Gasteiger partial charge in [0.15, 0.2) is 0 Å². The summed E-state index contributed by atoms with van der Waals surface area (Å²) in [6, 6.07) is 19.1. The average molecular weight is 376 g/mol. The SMILES string of the molecule is Cc1cc(-c2n[nH]c(=S)n2/N=C/c2cccc(Oc3ccccc3)c2)n[nH]1. The van der Waals surface area contributed by atoms with Crippen molar-refractivity contribution in [1.82, 2.24) is 25.1 Å². The highest BCUT2D eigenvalue weighted by molar-refractivity contribution is 7.71. The maximum atomic E-state index is 5.85. The van der Waals surface area contributed by atoms with Crippen LogP contribution in [-0.2, 0) is 0 Å². The first-order valence-electron chi connectivity index (χ1n) is 8.26. The minimum atomic E-state index is 0.388. The van der Waals surface area contributed by atoms with Gasteiger partial charge in [-0.05, 0) is 55.0 Å². The van der Waals surface area contributed by atoms with Crippen molar-refractivity contribution in [2.45, 2.75) is 6.92 Å². The van der Waals surface area contributed by atoms with Crippen molar-refractivity contribution in [2.24, 2.45) is 5.10 Å².